The van der Waals surface area contributed by atoms with Gasteiger partial charge in [-0.1, -0.05) is 0 Å². The van der Waals surface area contributed by atoms with E-state index in [4.69, 9.17) is 0 Å². The van der Waals surface area contributed by atoms with Crippen LogP contribution in [0, 0.1) is 0 Å². The summed E-state index contributed by atoms with van der Waals surface area (Å²) in [7, 11) is 0. The summed E-state index contributed by atoms with van der Waals surface area (Å²) in [5.41, 5.74) is 0. The van der Waals surface area contributed by atoms with Gasteiger partial charge in [-0.3, -0.25) is 4.90 Å². The summed E-state index contributed by atoms with van der Waals surface area (Å²) in [6.45, 7) is 3.44. The van der Waals surface area contributed by atoms with Gasteiger partial charge >= 0.3 is 0 Å². The van der Waals surface area contributed by atoms with Crippen LogP contribution in [0.2, 0.25) is 0 Å². The topological polar surface area (TPSA) is 55.7 Å². The van der Waals surface area contributed by atoms with Crippen molar-refractivity contribution in [1.29, 1.82) is 0 Å². The van der Waals surface area contributed by atoms with Gasteiger partial charge < -0.3 is 15.5 Å². The second-order valence-corrected chi connectivity index (χ2v) is 4.06. The molecule has 0 aliphatic carbocycles. The van der Waals surface area contributed by atoms with E-state index in [2.05, 4.69) is 10.2 Å². The monoisotopic (exact) mass is 186 g/mol. The molecule has 0 saturated carbocycles. The van der Waals surface area contributed by atoms with Crippen molar-refractivity contribution in [3.63, 3.8) is 0 Å². The van der Waals surface area contributed by atoms with Crippen molar-refractivity contribution in [2.75, 3.05) is 26.2 Å². The summed E-state index contributed by atoms with van der Waals surface area (Å²) in [4.78, 5) is 2.29. The molecule has 0 aromatic heterocycles. The molecule has 0 amide bonds. The second-order valence-electron chi connectivity index (χ2n) is 4.06. The van der Waals surface area contributed by atoms with Crippen LogP contribution in [0.5, 0.6) is 0 Å². The minimum absolute atomic E-state index is 0.122. The van der Waals surface area contributed by atoms with Gasteiger partial charge in [0.2, 0.25) is 0 Å². The molecular weight excluding hydrogens is 168 g/mol. The number of aliphatic hydroxyl groups is 2. The lowest BCUT2D eigenvalue weighted by Crippen LogP contribution is -2.48. The van der Waals surface area contributed by atoms with E-state index in [1.807, 2.05) is 0 Å². The van der Waals surface area contributed by atoms with Crippen molar-refractivity contribution in [3.05, 3.63) is 0 Å². The average molecular weight is 186 g/mol. The third kappa shape index (κ3) is 2.02. The van der Waals surface area contributed by atoms with E-state index in [9.17, 15) is 10.2 Å². The molecule has 2 heterocycles. The number of aliphatic hydroxyl groups excluding tert-OH is 2. The highest BCUT2D eigenvalue weighted by molar-refractivity contribution is 4.90. The molecule has 2 aliphatic rings. The Morgan fingerprint density at radius 2 is 1.77 bits per heavy atom. The fourth-order valence-corrected chi connectivity index (χ4v) is 2.24. The van der Waals surface area contributed by atoms with Gasteiger partial charge in [-0.2, -0.15) is 0 Å². The van der Waals surface area contributed by atoms with E-state index < -0.39 is 0 Å². The van der Waals surface area contributed by atoms with Crippen LogP contribution in [0.15, 0.2) is 0 Å². The van der Waals surface area contributed by atoms with Crippen LogP contribution >= 0.6 is 0 Å². The first-order chi connectivity index (χ1) is 6.27. The van der Waals surface area contributed by atoms with Gasteiger partial charge in [0.1, 0.15) is 0 Å². The Kier molecular flexibility index (Phi) is 2.83. The normalized spacial score (nSPS) is 38.3. The Labute approximate surface area is 78.5 Å². The molecule has 2 aliphatic heterocycles. The van der Waals surface area contributed by atoms with Crippen molar-refractivity contribution in [3.8, 4) is 0 Å². The highest BCUT2D eigenvalue weighted by Crippen LogP contribution is 2.16. The van der Waals surface area contributed by atoms with Gasteiger partial charge in [0.05, 0.1) is 12.2 Å². The molecule has 0 radical (unpaired) electrons. The fraction of sp³-hybridized carbons (Fsp3) is 1.00. The summed E-state index contributed by atoms with van der Waals surface area (Å²) in [6, 6.07) is 0.271. The lowest BCUT2D eigenvalue weighted by atomic mass is 10.0. The van der Waals surface area contributed by atoms with Gasteiger partial charge in [-0.15, -0.1) is 0 Å². The maximum atomic E-state index is 9.64. The molecule has 2 rings (SSSR count). The van der Waals surface area contributed by atoms with E-state index in [1.54, 1.807) is 0 Å². The first-order valence-corrected chi connectivity index (χ1v) is 5.08. The Balaban J connectivity index is 1.86. The molecule has 13 heavy (non-hydrogen) atoms. The van der Waals surface area contributed by atoms with E-state index in [-0.39, 0.29) is 18.2 Å². The highest BCUT2D eigenvalue weighted by Gasteiger charge is 2.32. The van der Waals surface area contributed by atoms with Gasteiger partial charge in [0, 0.05) is 32.2 Å². The lowest BCUT2D eigenvalue weighted by Gasteiger charge is -2.35. The van der Waals surface area contributed by atoms with Crippen LogP contribution in [0.25, 0.3) is 0 Å². The number of hydrogen-bond donors (Lipinski definition) is 3. The molecule has 2 saturated heterocycles. The third-order valence-electron chi connectivity index (χ3n) is 3.12. The summed E-state index contributed by atoms with van der Waals surface area (Å²) in [6.07, 6.45) is 1.35. The van der Waals surface area contributed by atoms with E-state index in [0.29, 0.717) is 6.54 Å². The number of likely N-dealkylation sites (tertiary alicyclic amines) is 1. The quantitative estimate of drug-likeness (QED) is 0.480. The first kappa shape index (κ1) is 9.40. The Morgan fingerprint density at radius 3 is 2.31 bits per heavy atom. The summed E-state index contributed by atoms with van der Waals surface area (Å²) in [5.74, 6) is 0. The summed E-state index contributed by atoms with van der Waals surface area (Å²) >= 11 is 0. The second kappa shape index (κ2) is 3.92. The standard InChI is InChI=1S/C9H18N2O2/c12-7-1-3-11(4-2-7)8-5-10-6-9(8)13/h7-10,12-13H,1-6H2/t8-,9-/m1/s1. The van der Waals surface area contributed by atoms with E-state index >= 15 is 0 Å². The van der Waals surface area contributed by atoms with E-state index in [1.165, 1.54) is 0 Å². The molecule has 4 nitrogen and oxygen atoms in total. The molecule has 3 N–H and O–H groups in total. The number of nitrogens with one attached hydrogen (secondary N) is 1. The summed E-state index contributed by atoms with van der Waals surface area (Å²) in [5, 5.41) is 22.1. The predicted molar refractivity (Wildman–Crippen MR) is 49.5 cm³/mol. The molecule has 2 fully saturated rings. The van der Waals surface area contributed by atoms with Gasteiger partial charge in [-0.25, -0.2) is 0 Å². The SMILES string of the molecule is OC1CCN([C@@H]2CNC[C@H]2O)CC1. The number of rotatable bonds is 1. The zero-order valence-electron chi connectivity index (χ0n) is 7.82. The molecule has 0 aromatic carbocycles. The average Bonchev–Trinajstić information content (AvgIpc) is 2.53. The minimum atomic E-state index is -0.227. The Hall–Kier alpha value is -0.160. The van der Waals surface area contributed by atoms with Crippen LogP contribution in [0.4, 0.5) is 0 Å². The van der Waals surface area contributed by atoms with Crippen molar-refractivity contribution in [2.45, 2.75) is 31.1 Å². The molecule has 0 bridgehead atoms. The van der Waals surface area contributed by atoms with Crippen LogP contribution in [-0.2, 0) is 0 Å². The van der Waals surface area contributed by atoms with Crippen LogP contribution in [0.1, 0.15) is 12.8 Å². The number of piperidine rings is 1. The zero-order chi connectivity index (χ0) is 9.26. The summed E-state index contributed by atoms with van der Waals surface area (Å²) < 4.78 is 0. The predicted octanol–water partition coefficient (Wildman–Crippen LogP) is -1.22. The fourth-order valence-electron chi connectivity index (χ4n) is 2.24. The maximum absolute atomic E-state index is 9.64. The molecule has 4 heteroatoms. The number of hydrogen-bond acceptors (Lipinski definition) is 4. The zero-order valence-corrected chi connectivity index (χ0v) is 7.82. The highest BCUT2D eigenvalue weighted by atomic mass is 16.3. The minimum Gasteiger partial charge on any atom is -0.393 e. The third-order valence-corrected chi connectivity index (χ3v) is 3.12. The van der Waals surface area contributed by atoms with Crippen molar-refractivity contribution < 1.29 is 10.2 Å². The molecule has 76 valence electrons. The molecule has 0 unspecified atom stereocenters. The molecule has 2 atom stereocenters. The smallest absolute Gasteiger partial charge is 0.0831 e. The van der Waals surface area contributed by atoms with Crippen molar-refractivity contribution in [1.82, 2.24) is 10.2 Å². The number of β-amino-alcohol motifs (C(OH)–C–C–N with tert-alkyl or cyclic N) is 1. The van der Waals surface area contributed by atoms with Gasteiger partial charge in [0.15, 0.2) is 0 Å². The largest absolute Gasteiger partial charge is 0.393 e. The molecular formula is C9H18N2O2. The van der Waals surface area contributed by atoms with Gasteiger partial charge in [0.25, 0.3) is 0 Å². The van der Waals surface area contributed by atoms with Crippen LogP contribution in [0.3, 0.4) is 0 Å². The van der Waals surface area contributed by atoms with E-state index in [0.717, 1.165) is 32.5 Å². The van der Waals surface area contributed by atoms with Crippen LogP contribution in [-0.4, -0.2) is 59.5 Å². The Morgan fingerprint density at radius 1 is 1.08 bits per heavy atom. The van der Waals surface area contributed by atoms with Crippen molar-refractivity contribution >= 4 is 0 Å². The Bertz CT molecular complexity index is 169. The van der Waals surface area contributed by atoms with Crippen molar-refractivity contribution in [2.24, 2.45) is 0 Å². The molecule has 0 aromatic rings. The lowest BCUT2D eigenvalue weighted by molar-refractivity contribution is 0.0282. The maximum Gasteiger partial charge on any atom is 0.0831 e. The van der Waals surface area contributed by atoms with Gasteiger partial charge in [-0.05, 0) is 12.8 Å². The number of nitrogens with zero attached hydrogens (tertiary/aromatic N) is 1. The molecule has 0 spiro atoms. The first-order valence-electron chi connectivity index (χ1n) is 5.08. The van der Waals surface area contributed by atoms with Crippen LogP contribution < -0.4 is 5.32 Å².